The molecule has 0 unspecified atom stereocenters. The third-order valence-corrected chi connectivity index (χ3v) is 2.66. The number of amidine groups is 1. The lowest BCUT2D eigenvalue weighted by Crippen LogP contribution is -2.40. The van der Waals surface area contributed by atoms with Crippen LogP contribution in [-0.4, -0.2) is 36.1 Å². The van der Waals surface area contributed by atoms with Crippen LogP contribution in [0.15, 0.2) is 0 Å². The van der Waals surface area contributed by atoms with Crippen LogP contribution in [0.4, 0.5) is 0 Å². The van der Waals surface area contributed by atoms with E-state index in [9.17, 15) is 4.79 Å². The first-order valence-corrected chi connectivity index (χ1v) is 5.51. The zero-order valence-electron chi connectivity index (χ0n) is 7.91. The van der Waals surface area contributed by atoms with Gasteiger partial charge in [-0.2, -0.15) is 0 Å². The molecule has 1 heterocycles. The molecule has 1 aliphatic heterocycles. The van der Waals surface area contributed by atoms with E-state index in [1.165, 1.54) is 0 Å². The van der Waals surface area contributed by atoms with Gasteiger partial charge < -0.3 is 15.8 Å². The molecule has 80 valence electrons. The Bertz CT molecular complexity index is 217. The van der Waals surface area contributed by atoms with Gasteiger partial charge in [-0.1, -0.05) is 11.8 Å². The molecule has 0 aromatic carbocycles. The molecular formula is C8H15N3O2S. The Morgan fingerprint density at radius 1 is 1.57 bits per heavy atom. The minimum atomic E-state index is -0.0582. The molecule has 0 radical (unpaired) electrons. The summed E-state index contributed by atoms with van der Waals surface area (Å²) in [6.07, 6.45) is 1.74. The van der Waals surface area contributed by atoms with E-state index in [-0.39, 0.29) is 22.9 Å². The maximum atomic E-state index is 11.3. The lowest BCUT2D eigenvalue weighted by molar-refractivity contribution is -0.119. The number of nitrogens with one attached hydrogen (secondary N) is 2. The number of carbonyl (C=O) groups is 1. The number of hydrogen-bond acceptors (Lipinski definition) is 4. The van der Waals surface area contributed by atoms with Crippen molar-refractivity contribution in [3.63, 3.8) is 0 Å². The van der Waals surface area contributed by atoms with E-state index in [0.717, 1.165) is 24.6 Å². The molecule has 0 bridgehead atoms. The van der Waals surface area contributed by atoms with E-state index >= 15 is 0 Å². The van der Waals surface area contributed by atoms with E-state index in [2.05, 4.69) is 5.32 Å². The van der Waals surface area contributed by atoms with E-state index in [1.54, 1.807) is 0 Å². The largest absolute Gasteiger partial charge is 0.381 e. The molecule has 0 aliphatic carbocycles. The van der Waals surface area contributed by atoms with Crippen molar-refractivity contribution < 1.29 is 9.53 Å². The monoisotopic (exact) mass is 217 g/mol. The number of carbonyl (C=O) groups excluding carboxylic acids is 1. The fourth-order valence-electron chi connectivity index (χ4n) is 1.25. The molecule has 0 atom stereocenters. The molecule has 0 saturated carbocycles. The van der Waals surface area contributed by atoms with Crippen LogP contribution >= 0.6 is 11.8 Å². The molecule has 0 aromatic rings. The SMILES string of the molecule is N=C(N)SCC(=O)NC1CCOCC1. The number of rotatable bonds is 3. The van der Waals surface area contributed by atoms with E-state index in [0.29, 0.717) is 13.2 Å². The van der Waals surface area contributed by atoms with Crippen molar-refractivity contribution in [1.82, 2.24) is 5.32 Å². The van der Waals surface area contributed by atoms with Crippen molar-refractivity contribution in [3.05, 3.63) is 0 Å². The highest BCUT2D eigenvalue weighted by atomic mass is 32.2. The molecule has 1 fully saturated rings. The maximum Gasteiger partial charge on any atom is 0.230 e. The van der Waals surface area contributed by atoms with Gasteiger partial charge in [-0.25, -0.2) is 0 Å². The van der Waals surface area contributed by atoms with Gasteiger partial charge in [0.1, 0.15) is 0 Å². The highest BCUT2D eigenvalue weighted by Gasteiger charge is 2.15. The summed E-state index contributed by atoms with van der Waals surface area (Å²) in [4.78, 5) is 11.3. The maximum absolute atomic E-state index is 11.3. The standard InChI is InChI=1S/C8H15N3O2S/c9-8(10)14-5-7(12)11-6-1-3-13-4-2-6/h6H,1-5H2,(H3,9,10)(H,11,12). The van der Waals surface area contributed by atoms with Crippen LogP contribution in [0.3, 0.4) is 0 Å². The topological polar surface area (TPSA) is 88.2 Å². The minimum absolute atomic E-state index is 0.0212. The van der Waals surface area contributed by atoms with Crippen molar-refractivity contribution in [2.75, 3.05) is 19.0 Å². The number of amides is 1. The molecule has 6 heteroatoms. The van der Waals surface area contributed by atoms with Crippen LogP contribution in [0.25, 0.3) is 0 Å². The summed E-state index contributed by atoms with van der Waals surface area (Å²) < 4.78 is 5.17. The van der Waals surface area contributed by atoms with Crippen molar-refractivity contribution >= 4 is 22.8 Å². The van der Waals surface area contributed by atoms with Crippen LogP contribution in [0.1, 0.15) is 12.8 Å². The fraction of sp³-hybridized carbons (Fsp3) is 0.750. The summed E-state index contributed by atoms with van der Waals surface area (Å²) in [6, 6.07) is 0.226. The van der Waals surface area contributed by atoms with Gasteiger partial charge in [-0.05, 0) is 12.8 Å². The van der Waals surface area contributed by atoms with E-state index in [4.69, 9.17) is 15.9 Å². The second-order valence-corrected chi connectivity index (χ2v) is 4.12. The predicted molar refractivity (Wildman–Crippen MR) is 56.4 cm³/mol. The predicted octanol–water partition coefficient (Wildman–Crippen LogP) is -0.0917. The van der Waals surface area contributed by atoms with Crippen LogP contribution in [-0.2, 0) is 9.53 Å². The summed E-state index contributed by atoms with van der Waals surface area (Å²) in [5.74, 6) is 0.171. The van der Waals surface area contributed by atoms with Gasteiger partial charge in [-0.3, -0.25) is 10.2 Å². The van der Waals surface area contributed by atoms with E-state index < -0.39 is 0 Å². The molecule has 1 amide bonds. The molecule has 5 nitrogen and oxygen atoms in total. The first-order chi connectivity index (χ1) is 6.68. The Morgan fingerprint density at radius 3 is 2.79 bits per heavy atom. The summed E-state index contributed by atoms with van der Waals surface area (Å²) in [5, 5.41) is 9.81. The third-order valence-electron chi connectivity index (χ3n) is 1.95. The van der Waals surface area contributed by atoms with Gasteiger partial charge in [0.2, 0.25) is 5.91 Å². The summed E-state index contributed by atoms with van der Waals surface area (Å²) >= 11 is 1.05. The van der Waals surface area contributed by atoms with Crippen molar-refractivity contribution in [2.24, 2.45) is 5.73 Å². The minimum Gasteiger partial charge on any atom is -0.381 e. The zero-order valence-corrected chi connectivity index (χ0v) is 8.73. The quantitative estimate of drug-likeness (QED) is 0.455. The number of nitrogens with two attached hydrogens (primary N) is 1. The first-order valence-electron chi connectivity index (χ1n) is 4.52. The Morgan fingerprint density at radius 2 is 2.21 bits per heavy atom. The molecule has 4 N–H and O–H groups in total. The van der Waals surface area contributed by atoms with Gasteiger partial charge in [-0.15, -0.1) is 0 Å². The fourth-order valence-corrected chi connectivity index (χ4v) is 1.62. The van der Waals surface area contributed by atoms with Crippen LogP contribution in [0, 0.1) is 5.41 Å². The lowest BCUT2D eigenvalue weighted by atomic mass is 10.1. The first kappa shape index (κ1) is 11.3. The zero-order chi connectivity index (χ0) is 10.4. The highest BCUT2D eigenvalue weighted by molar-refractivity contribution is 8.14. The smallest absolute Gasteiger partial charge is 0.230 e. The molecule has 1 saturated heterocycles. The van der Waals surface area contributed by atoms with Gasteiger partial charge in [0.25, 0.3) is 0 Å². The molecule has 1 rings (SSSR count). The molecule has 0 aromatic heterocycles. The van der Waals surface area contributed by atoms with Gasteiger partial charge in [0.05, 0.1) is 5.75 Å². The lowest BCUT2D eigenvalue weighted by Gasteiger charge is -2.22. The Kier molecular flexibility index (Phi) is 4.75. The third kappa shape index (κ3) is 4.48. The van der Waals surface area contributed by atoms with Crippen LogP contribution in [0.5, 0.6) is 0 Å². The molecule has 14 heavy (non-hydrogen) atoms. The van der Waals surface area contributed by atoms with Crippen molar-refractivity contribution in [2.45, 2.75) is 18.9 Å². The highest BCUT2D eigenvalue weighted by Crippen LogP contribution is 2.06. The van der Waals surface area contributed by atoms with Crippen molar-refractivity contribution in [3.8, 4) is 0 Å². The van der Waals surface area contributed by atoms with E-state index in [1.807, 2.05) is 0 Å². The summed E-state index contributed by atoms with van der Waals surface area (Å²) in [6.45, 7) is 1.43. The number of thioether (sulfide) groups is 1. The Hall–Kier alpha value is -0.750. The number of hydrogen-bond donors (Lipinski definition) is 3. The molecule has 0 spiro atoms. The average Bonchev–Trinajstić information content (AvgIpc) is 2.16. The average molecular weight is 217 g/mol. The van der Waals surface area contributed by atoms with Crippen LogP contribution in [0.2, 0.25) is 0 Å². The summed E-state index contributed by atoms with van der Waals surface area (Å²) in [5.41, 5.74) is 5.12. The summed E-state index contributed by atoms with van der Waals surface area (Å²) in [7, 11) is 0. The van der Waals surface area contributed by atoms with Crippen molar-refractivity contribution in [1.29, 1.82) is 5.41 Å². The van der Waals surface area contributed by atoms with Gasteiger partial charge >= 0.3 is 0 Å². The number of ether oxygens (including phenoxy) is 1. The second kappa shape index (κ2) is 5.87. The van der Waals surface area contributed by atoms with Gasteiger partial charge in [0, 0.05) is 19.3 Å². The Balaban J connectivity index is 2.15. The molecular weight excluding hydrogens is 202 g/mol. The van der Waals surface area contributed by atoms with Gasteiger partial charge in [0.15, 0.2) is 5.17 Å². The second-order valence-electron chi connectivity index (χ2n) is 3.11. The normalized spacial score (nSPS) is 17.7. The van der Waals surface area contributed by atoms with Crippen LogP contribution < -0.4 is 11.1 Å². The molecule has 1 aliphatic rings. The Labute approximate surface area is 87.3 Å².